The Labute approximate surface area is 188 Å². The number of anilines is 1. The molecule has 2 aromatic carbocycles. The molecule has 1 atom stereocenters. The molecule has 7 heteroatoms. The van der Waals surface area contributed by atoms with Gasteiger partial charge in [-0.05, 0) is 87.4 Å². The van der Waals surface area contributed by atoms with Gasteiger partial charge in [-0.1, -0.05) is 18.2 Å². The molecule has 2 amide bonds. The van der Waals surface area contributed by atoms with Crippen LogP contribution in [-0.2, 0) is 20.8 Å². The first-order valence-electron chi connectivity index (χ1n) is 10.9. The minimum absolute atomic E-state index is 0.113. The monoisotopic (exact) mass is 438 g/mol. The summed E-state index contributed by atoms with van der Waals surface area (Å²) in [4.78, 5) is 36.3. The second kappa shape index (κ2) is 9.85. The molecule has 0 radical (unpaired) electrons. The topological polar surface area (TPSA) is 105 Å². The van der Waals surface area contributed by atoms with Crippen LogP contribution in [0.4, 0.5) is 5.69 Å². The first-order valence-corrected chi connectivity index (χ1v) is 10.9. The molecular formula is C25H30N2O5. The van der Waals surface area contributed by atoms with E-state index in [9.17, 15) is 14.4 Å². The normalized spacial score (nSPS) is 15.6. The van der Waals surface area contributed by atoms with Crippen molar-refractivity contribution in [2.75, 3.05) is 5.32 Å². The van der Waals surface area contributed by atoms with Crippen molar-refractivity contribution in [2.45, 2.75) is 64.5 Å². The number of benzene rings is 2. The maximum Gasteiger partial charge on any atom is 0.325 e. The van der Waals surface area contributed by atoms with Gasteiger partial charge in [0.25, 0.3) is 5.91 Å². The first-order chi connectivity index (χ1) is 15.2. The predicted octanol–water partition coefficient (Wildman–Crippen LogP) is 3.77. The van der Waals surface area contributed by atoms with Gasteiger partial charge >= 0.3 is 5.97 Å². The second-order valence-corrected chi connectivity index (χ2v) is 8.58. The van der Waals surface area contributed by atoms with Crippen molar-refractivity contribution in [3.05, 3.63) is 59.2 Å². The molecule has 7 nitrogen and oxygen atoms in total. The SMILES string of the molecule is Cc1cc(C)cc(NC(=O)Cc2ccc(OC3(C(=O)N[C@H](C)C(=O)O)CCCC3)cc2)c1. The highest BCUT2D eigenvalue weighted by atomic mass is 16.5. The van der Waals surface area contributed by atoms with E-state index < -0.39 is 23.5 Å². The molecule has 32 heavy (non-hydrogen) atoms. The Bertz CT molecular complexity index is 974. The zero-order chi connectivity index (χ0) is 23.3. The molecule has 1 saturated carbocycles. The van der Waals surface area contributed by atoms with Crippen molar-refractivity contribution < 1.29 is 24.2 Å². The Kier molecular flexibility index (Phi) is 7.18. The molecule has 1 aliphatic carbocycles. The van der Waals surface area contributed by atoms with Crippen molar-refractivity contribution in [1.29, 1.82) is 0 Å². The zero-order valence-corrected chi connectivity index (χ0v) is 18.7. The van der Waals surface area contributed by atoms with E-state index >= 15 is 0 Å². The largest absolute Gasteiger partial charge is 0.480 e. The maximum atomic E-state index is 12.8. The molecule has 0 aliphatic heterocycles. The number of amides is 2. The lowest BCUT2D eigenvalue weighted by Gasteiger charge is -2.29. The van der Waals surface area contributed by atoms with Gasteiger partial charge in [0.05, 0.1) is 6.42 Å². The van der Waals surface area contributed by atoms with E-state index in [4.69, 9.17) is 9.84 Å². The molecule has 170 valence electrons. The predicted molar refractivity (Wildman–Crippen MR) is 122 cm³/mol. The molecule has 0 heterocycles. The number of aliphatic carboxylic acids is 1. The van der Waals surface area contributed by atoms with Crippen LogP contribution in [-0.4, -0.2) is 34.5 Å². The summed E-state index contributed by atoms with van der Waals surface area (Å²) in [6.45, 7) is 5.41. The summed E-state index contributed by atoms with van der Waals surface area (Å²) in [5, 5.41) is 14.5. The number of carboxylic acid groups (broad SMARTS) is 1. The van der Waals surface area contributed by atoms with Crippen LogP contribution < -0.4 is 15.4 Å². The second-order valence-electron chi connectivity index (χ2n) is 8.58. The zero-order valence-electron chi connectivity index (χ0n) is 18.7. The average molecular weight is 439 g/mol. The summed E-state index contributed by atoms with van der Waals surface area (Å²) in [5.74, 6) is -1.08. The summed E-state index contributed by atoms with van der Waals surface area (Å²) in [7, 11) is 0. The summed E-state index contributed by atoms with van der Waals surface area (Å²) in [6.07, 6.45) is 2.96. The van der Waals surface area contributed by atoms with E-state index in [1.807, 2.05) is 32.0 Å². The first kappa shape index (κ1) is 23.3. The molecule has 0 spiro atoms. The molecule has 0 unspecified atom stereocenters. The van der Waals surface area contributed by atoms with Gasteiger partial charge in [-0.15, -0.1) is 0 Å². The van der Waals surface area contributed by atoms with Crippen molar-refractivity contribution in [3.8, 4) is 5.75 Å². The van der Waals surface area contributed by atoms with Crippen LogP contribution in [0.5, 0.6) is 5.75 Å². The van der Waals surface area contributed by atoms with E-state index in [1.54, 1.807) is 24.3 Å². The van der Waals surface area contributed by atoms with Crippen molar-refractivity contribution >= 4 is 23.5 Å². The Hall–Kier alpha value is -3.35. The van der Waals surface area contributed by atoms with Gasteiger partial charge in [-0.3, -0.25) is 14.4 Å². The van der Waals surface area contributed by atoms with Gasteiger partial charge in [0.15, 0.2) is 5.60 Å². The molecule has 0 bridgehead atoms. The summed E-state index contributed by atoms with van der Waals surface area (Å²) < 4.78 is 6.08. The summed E-state index contributed by atoms with van der Waals surface area (Å²) >= 11 is 0. The van der Waals surface area contributed by atoms with E-state index in [1.165, 1.54) is 6.92 Å². The highest BCUT2D eigenvalue weighted by Crippen LogP contribution is 2.35. The standard InChI is InChI=1S/C25H30N2O5/c1-16-12-17(2)14-20(13-16)27-22(28)15-19-6-8-21(9-7-19)32-25(10-4-5-11-25)24(31)26-18(3)23(29)30/h6-9,12-14,18H,4-5,10-11,15H2,1-3H3,(H,26,31)(H,27,28)(H,29,30)/t18-/m1/s1. The Morgan fingerprint density at radius 3 is 2.19 bits per heavy atom. The van der Waals surface area contributed by atoms with Crippen LogP contribution in [0.15, 0.2) is 42.5 Å². The number of carboxylic acids is 1. The third-order valence-electron chi connectivity index (χ3n) is 5.65. The van der Waals surface area contributed by atoms with Gasteiger partial charge in [0.2, 0.25) is 5.91 Å². The van der Waals surface area contributed by atoms with E-state index in [0.717, 1.165) is 35.2 Å². The van der Waals surface area contributed by atoms with E-state index in [-0.39, 0.29) is 12.3 Å². The van der Waals surface area contributed by atoms with E-state index in [0.29, 0.717) is 18.6 Å². The van der Waals surface area contributed by atoms with Crippen molar-refractivity contribution in [3.63, 3.8) is 0 Å². The molecule has 0 aromatic heterocycles. The Balaban J connectivity index is 1.63. The summed E-state index contributed by atoms with van der Waals surface area (Å²) in [5.41, 5.74) is 2.71. The fourth-order valence-electron chi connectivity index (χ4n) is 4.05. The van der Waals surface area contributed by atoms with Crippen LogP contribution in [0.3, 0.4) is 0 Å². The number of carbonyl (C=O) groups is 3. The molecule has 1 aliphatic rings. The number of aryl methyl sites for hydroxylation is 2. The van der Waals surface area contributed by atoms with Crippen LogP contribution in [0.25, 0.3) is 0 Å². The van der Waals surface area contributed by atoms with Gasteiger partial charge in [-0.2, -0.15) is 0 Å². The highest BCUT2D eigenvalue weighted by molar-refractivity contribution is 5.92. The third kappa shape index (κ3) is 5.87. The molecule has 3 N–H and O–H groups in total. The minimum Gasteiger partial charge on any atom is -0.480 e. The average Bonchev–Trinajstić information content (AvgIpc) is 3.18. The molecule has 0 saturated heterocycles. The lowest BCUT2D eigenvalue weighted by molar-refractivity contribution is -0.145. The van der Waals surface area contributed by atoms with Crippen LogP contribution in [0.1, 0.15) is 49.3 Å². The van der Waals surface area contributed by atoms with E-state index in [2.05, 4.69) is 10.6 Å². The Morgan fingerprint density at radius 2 is 1.62 bits per heavy atom. The van der Waals surface area contributed by atoms with Crippen LogP contribution >= 0.6 is 0 Å². The fraction of sp³-hybridized carbons (Fsp3) is 0.400. The van der Waals surface area contributed by atoms with Gasteiger partial charge in [0.1, 0.15) is 11.8 Å². The minimum atomic E-state index is -1.09. The van der Waals surface area contributed by atoms with Gasteiger partial charge in [-0.25, -0.2) is 0 Å². The van der Waals surface area contributed by atoms with Gasteiger partial charge < -0.3 is 20.5 Å². The lowest BCUT2D eigenvalue weighted by atomic mass is 10.00. The Morgan fingerprint density at radius 1 is 1.03 bits per heavy atom. The molecule has 3 rings (SSSR count). The molecular weight excluding hydrogens is 408 g/mol. The van der Waals surface area contributed by atoms with Crippen LogP contribution in [0, 0.1) is 13.8 Å². The van der Waals surface area contributed by atoms with Gasteiger partial charge in [0, 0.05) is 5.69 Å². The number of nitrogens with one attached hydrogen (secondary N) is 2. The van der Waals surface area contributed by atoms with Crippen LogP contribution in [0.2, 0.25) is 0 Å². The smallest absolute Gasteiger partial charge is 0.325 e. The third-order valence-corrected chi connectivity index (χ3v) is 5.65. The number of hydrogen-bond donors (Lipinski definition) is 3. The number of carbonyl (C=O) groups excluding carboxylic acids is 2. The highest BCUT2D eigenvalue weighted by Gasteiger charge is 2.44. The number of ether oxygens (including phenoxy) is 1. The fourth-order valence-corrected chi connectivity index (χ4v) is 4.05. The maximum absolute atomic E-state index is 12.8. The van der Waals surface area contributed by atoms with Crippen molar-refractivity contribution in [1.82, 2.24) is 5.32 Å². The quantitative estimate of drug-likeness (QED) is 0.582. The molecule has 2 aromatic rings. The lowest BCUT2D eigenvalue weighted by Crippen LogP contribution is -2.53. The number of rotatable bonds is 8. The molecule has 1 fully saturated rings. The van der Waals surface area contributed by atoms with Crippen molar-refractivity contribution in [2.24, 2.45) is 0 Å². The summed E-state index contributed by atoms with van der Waals surface area (Å²) in [6, 6.07) is 12.0. The number of hydrogen-bond acceptors (Lipinski definition) is 4.